The predicted molar refractivity (Wildman–Crippen MR) is 129 cm³/mol. The molecular formula is C24H15Cl3F10N2O2. The number of nitrogens with zero attached hydrogens (tertiary/aromatic N) is 1. The third-order valence-electron chi connectivity index (χ3n) is 5.85. The van der Waals surface area contributed by atoms with Gasteiger partial charge in [0.15, 0.2) is 0 Å². The molecule has 0 radical (unpaired) electrons. The summed E-state index contributed by atoms with van der Waals surface area (Å²) in [7, 11) is 0. The standard InChI is InChI=1S/C24H15Cl3F10N2O2/c25-15-6-11(7-16(26)19(15)27)13(23(32,33)34)8-17(28)10-1-2-12(14(5-10)24(35,36)37)20(40)38-18-3-4-39(21(18)41)9-22(29,30)31/h1-2,5-8,13,18H,3-4,9H2,(H,38,40)/b17-8-. The smallest absolute Gasteiger partial charge is 0.340 e. The van der Waals surface area contributed by atoms with E-state index >= 15 is 0 Å². The van der Waals surface area contributed by atoms with Gasteiger partial charge in [0.1, 0.15) is 24.3 Å². The van der Waals surface area contributed by atoms with Crippen LogP contribution in [-0.4, -0.2) is 48.2 Å². The number of benzene rings is 2. The summed E-state index contributed by atoms with van der Waals surface area (Å²) >= 11 is 17.2. The lowest BCUT2D eigenvalue weighted by Gasteiger charge is -2.20. The van der Waals surface area contributed by atoms with E-state index in [1.807, 2.05) is 5.32 Å². The molecule has 1 fully saturated rings. The zero-order valence-corrected chi connectivity index (χ0v) is 22.2. The van der Waals surface area contributed by atoms with E-state index in [2.05, 4.69) is 0 Å². The molecule has 2 amide bonds. The highest BCUT2D eigenvalue weighted by molar-refractivity contribution is 6.48. The molecule has 1 aliphatic heterocycles. The Kier molecular flexibility index (Phi) is 9.51. The number of alkyl halides is 9. The molecule has 0 bridgehead atoms. The van der Waals surface area contributed by atoms with E-state index in [0.717, 1.165) is 12.1 Å². The summed E-state index contributed by atoms with van der Waals surface area (Å²) < 4.78 is 135. The van der Waals surface area contributed by atoms with Crippen molar-refractivity contribution in [1.82, 2.24) is 10.2 Å². The molecule has 0 aromatic heterocycles. The Balaban J connectivity index is 1.95. The number of carbonyl (C=O) groups is 2. The third-order valence-corrected chi connectivity index (χ3v) is 7.05. The van der Waals surface area contributed by atoms with Crippen LogP contribution >= 0.6 is 34.8 Å². The maximum Gasteiger partial charge on any atom is 0.417 e. The summed E-state index contributed by atoms with van der Waals surface area (Å²) in [5.41, 5.74) is -4.56. The lowest BCUT2D eigenvalue weighted by Crippen LogP contribution is -2.44. The fraction of sp³-hybridized carbons (Fsp3) is 0.333. The van der Waals surface area contributed by atoms with Crippen LogP contribution in [-0.2, 0) is 11.0 Å². The molecule has 1 heterocycles. The first-order valence-electron chi connectivity index (χ1n) is 11.2. The molecule has 224 valence electrons. The minimum absolute atomic E-state index is 0.0163. The number of rotatable bonds is 6. The van der Waals surface area contributed by atoms with Crippen LogP contribution in [0.4, 0.5) is 43.9 Å². The predicted octanol–water partition coefficient (Wildman–Crippen LogP) is 8.22. The van der Waals surface area contributed by atoms with Gasteiger partial charge in [-0.15, -0.1) is 0 Å². The van der Waals surface area contributed by atoms with Crippen molar-refractivity contribution in [1.29, 1.82) is 0 Å². The van der Waals surface area contributed by atoms with Gasteiger partial charge in [-0.2, -0.15) is 39.5 Å². The second kappa shape index (κ2) is 11.9. The molecule has 2 aromatic rings. The number of likely N-dealkylation sites (tertiary alicyclic amines) is 1. The Bertz CT molecular complexity index is 1350. The summed E-state index contributed by atoms with van der Waals surface area (Å²) in [6.07, 6.45) is -15.6. The number of halogens is 13. The zero-order valence-electron chi connectivity index (χ0n) is 19.9. The zero-order chi connectivity index (χ0) is 31.1. The van der Waals surface area contributed by atoms with Crippen molar-refractivity contribution >= 4 is 52.4 Å². The molecule has 17 heteroatoms. The second-order valence-electron chi connectivity index (χ2n) is 8.78. The van der Waals surface area contributed by atoms with Crippen molar-refractivity contribution in [2.45, 2.75) is 36.9 Å². The van der Waals surface area contributed by atoms with Gasteiger partial charge >= 0.3 is 18.5 Å². The average Bonchev–Trinajstić information content (AvgIpc) is 3.16. The van der Waals surface area contributed by atoms with Gasteiger partial charge in [-0.25, -0.2) is 4.39 Å². The van der Waals surface area contributed by atoms with Crippen LogP contribution in [0, 0.1) is 0 Å². The van der Waals surface area contributed by atoms with E-state index in [0.29, 0.717) is 17.0 Å². The van der Waals surface area contributed by atoms with Crippen LogP contribution in [0.3, 0.4) is 0 Å². The summed E-state index contributed by atoms with van der Waals surface area (Å²) in [6, 6.07) is 1.10. The van der Waals surface area contributed by atoms with E-state index in [9.17, 15) is 53.5 Å². The van der Waals surface area contributed by atoms with E-state index < -0.39 is 93.5 Å². The van der Waals surface area contributed by atoms with Crippen molar-refractivity contribution < 1.29 is 53.5 Å². The summed E-state index contributed by atoms with van der Waals surface area (Å²) in [4.78, 5) is 25.1. The molecule has 1 N–H and O–H groups in total. The van der Waals surface area contributed by atoms with Gasteiger partial charge < -0.3 is 10.2 Å². The molecule has 0 aliphatic carbocycles. The maximum atomic E-state index is 15.0. The Morgan fingerprint density at radius 1 is 1.00 bits per heavy atom. The quantitative estimate of drug-likeness (QED) is 0.251. The first-order valence-corrected chi connectivity index (χ1v) is 12.3. The molecule has 0 saturated carbocycles. The highest BCUT2D eigenvalue weighted by Crippen LogP contribution is 2.43. The van der Waals surface area contributed by atoms with E-state index in [-0.39, 0.29) is 23.6 Å². The topological polar surface area (TPSA) is 49.4 Å². The van der Waals surface area contributed by atoms with Gasteiger partial charge in [-0.3, -0.25) is 9.59 Å². The van der Waals surface area contributed by atoms with Gasteiger partial charge in [0, 0.05) is 12.1 Å². The van der Waals surface area contributed by atoms with Crippen LogP contribution in [0.15, 0.2) is 36.4 Å². The minimum atomic E-state index is -5.33. The van der Waals surface area contributed by atoms with E-state index in [1.165, 1.54) is 0 Å². The van der Waals surface area contributed by atoms with Crippen molar-refractivity contribution in [3.63, 3.8) is 0 Å². The van der Waals surface area contributed by atoms with Crippen molar-refractivity contribution in [2.75, 3.05) is 13.1 Å². The fourth-order valence-corrected chi connectivity index (χ4v) is 4.60. The SMILES string of the molecule is O=C(NC1CCN(CC(F)(F)F)C1=O)c1ccc(/C(F)=C/C(c2cc(Cl)c(Cl)c(Cl)c2)C(F)(F)F)cc1C(F)(F)F. The van der Waals surface area contributed by atoms with Crippen LogP contribution in [0.25, 0.3) is 5.83 Å². The Labute approximate surface area is 239 Å². The van der Waals surface area contributed by atoms with E-state index in [4.69, 9.17) is 34.8 Å². The first-order chi connectivity index (χ1) is 18.7. The number of allylic oxidation sites excluding steroid dienone is 1. The van der Waals surface area contributed by atoms with Gasteiger partial charge in [-0.1, -0.05) is 40.9 Å². The highest BCUT2D eigenvalue weighted by atomic mass is 35.5. The van der Waals surface area contributed by atoms with Crippen molar-refractivity contribution in [3.8, 4) is 0 Å². The molecule has 41 heavy (non-hydrogen) atoms. The van der Waals surface area contributed by atoms with Crippen molar-refractivity contribution in [2.24, 2.45) is 0 Å². The largest absolute Gasteiger partial charge is 0.417 e. The summed E-state index contributed by atoms with van der Waals surface area (Å²) in [6.45, 7) is -2.05. The average molecular weight is 660 g/mol. The van der Waals surface area contributed by atoms with Crippen molar-refractivity contribution in [3.05, 3.63) is 73.7 Å². The molecule has 0 spiro atoms. The van der Waals surface area contributed by atoms with Gasteiger partial charge in [0.05, 0.1) is 26.2 Å². The number of amides is 2. The van der Waals surface area contributed by atoms with Crippen LogP contribution < -0.4 is 5.32 Å². The minimum Gasteiger partial charge on any atom is -0.340 e. The number of hydrogen-bond acceptors (Lipinski definition) is 2. The molecule has 2 unspecified atom stereocenters. The number of nitrogens with one attached hydrogen (secondary N) is 1. The Hall–Kier alpha value is -2.71. The van der Waals surface area contributed by atoms with Crippen LogP contribution in [0.5, 0.6) is 0 Å². The lowest BCUT2D eigenvalue weighted by atomic mass is 9.95. The number of carbonyl (C=O) groups excluding carboxylic acids is 2. The summed E-state index contributed by atoms with van der Waals surface area (Å²) in [5.74, 6) is -7.16. The molecule has 3 rings (SSSR count). The Morgan fingerprint density at radius 3 is 2.10 bits per heavy atom. The first kappa shape index (κ1) is 32.8. The fourth-order valence-electron chi connectivity index (χ4n) is 3.98. The molecule has 2 atom stereocenters. The molecule has 4 nitrogen and oxygen atoms in total. The molecule has 1 aliphatic rings. The van der Waals surface area contributed by atoms with Crippen LogP contribution in [0.2, 0.25) is 15.1 Å². The highest BCUT2D eigenvalue weighted by Gasteiger charge is 2.42. The van der Waals surface area contributed by atoms with Gasteiger partial charge in [0.2, 0.25) is 5.91 Å². The maximum absolute atomic E-state index is 15.0. The van der Waals surface area contributed by atoms with Gasteiger partial charge in [-0.05, 0) is 42.3 Å². The lowest BCUT2D eigenvalue weighted by molar-refractivity contribution is -0.157. The molecule has 1 saturated heterocycles. The second-order valence-corrected chi connectivity index (χ2v) is 9.97. The normalized spacial score (nSPS) is 17.7. The number of hydrogen-bond donors (Lipinski definition) is 1. The summed E-state index contributed by atoms with van der Waals surface area (Å²) in [5, 5.41) is 0.853. The molecule has 2 aromatic carbocycles. The van der Waals surface area contributed by atoms with E-state index in [1.54, 1.807) is 0 Å². The van der Waals surface area contributed by atoms with Crippen LogP contribution in [0.1, 0.15) is 39.4 Å². The molecular weight excluding hydrogens is 645 g/mol. The monoisotopic (exact) mass is 658 g/mol. The Morgan fingerprint density at radius 2 is 1.59 bits per heavy atom. The third kappa shape index (κ3) is 7.98. The van der Waals surface area contributed by atoms with Gasteiger partial charge in [0.25, 0.3) is 5.91 Å².